The maximum Gasteiger partial charge on any atom is 0.329 e. The van der Waals surface area contributed by atoms with E-state index in [0.717, 1.165) is 17.7 Å². The molecule has 1 aliphatic carbocycles. The molecule has 0 atom stereocenters. The average Bonchev–Trinajstić information content (AvgIpc) is 2.34. The second kappa shape index (κ2) is 5.65. The fraction of sp³-hybridized carbons (Fsp3) is 0.429. The van der Waals surface area contributed by atoms with Crippen molar-refractivity contribution in [3.63, 3.8) is 0 Å². The minimum Gasteiger partial charge on any atom is -0.480 e. The molecule has 0 radical (unpaired) electrons. The Morgan fingerprint density at radius 2 is 2.16 bits per heavy atom. The summed E-state index contributed by atoms with van der Waals surface area (Å²) < 4.78 is 0. The molecule has 5 heteroatoms. The lowest BCUT2D eigenvalue weighted by Crippen LogP contribution is -2.59. The minimum atomic E-state index is -1.05. The fourth-order valence-electron chi connectivity index (χ4n) is 2.18. The van der Waals surface area contributed by atoms with Crippen LogP contribution in [0.5, 0.6) is 0 Å². The summed E-state index contributed by atoms with van der Waals surface area (Å²) in [6.07, 6.45) is 3.87. The quantitative estimate of drug-likeness (QED) is 0.868. The van der Waals surface area contributed by atoms with E-state index in [0.29, 0.717) is 18.4 Å². The lowest BCUT2D eigenvalue weighted by molar-refractivity contribution is -0.148. The van der Waals surface area contributed by atoms with Gasteiger partial charge in [-0.2, -0.15) is 11.8 Å². The number of benzene rings is 1. The van der Waals surface area contributed by atoms with Crippen molar-refractivity contribution >= 4 is 23.6 Å². The number of thioether (sulfide) groups is 1. The highest BCUT2D eigenvalue weighted by molar-refractivity contribution is 7.97. The number of carbonyl (C=O) groups excluding carboxylic acids is 1. The van der Waals surface area contributed by atoms with Crippen molar-refractivity contribution < 1.29 is 14.7 Å². The van der Waals surface area contributed by atoms with Crippen LogP contribution in [0.25, 0.3) is 0 Å². The van der Waals surface area contributed by atoms with Gasteiger partial charge in [-0.1, -0.05) is 12.1 Å². The van der Waals surface area contributed by atoms with Crippen molar-refractivity contribution in [2.24, 2.45) is 0 Å². The summed E-state index contributed by atoms with van der Waals surface area (Å²) in [6, 6.07) is 7.33. The van der Waals surface area contributed by atoms with Gasteiger partial charge in [0.2, 0.25) is 0 Å². The molecule has 0 aromatic heterocycles. The zero-order valence-electron chi connectivity index (χ0n) is 10.8. The molecule has 0 unspecified atom stereocenters. The Bertz CT molecular complexity index is 497. The SMILES string of the molecule is CSCc1cccc(C(=O)NC2(C(=O)O)CCC2)c1. The molecule has 1 aromatic rings. The second-order valence-electron chi connectivity index (χ2n) is 4.83. The van der Waals surface area contributed by atoms with E-state index in [1.165, 1.54) is 0 Å². The number of hydrogen-bond acceptors (Lipinski definition) is 3. The first-order chi connectivity index (χ1) is 9.07. The standard InChI is InChI=1S/C14H17NO3S/c1-19-9-10-4-2-5-11(8-10)12(16)15-14(13(17)18)6-3-7-14/h2,4-5,8H,3,6-7,9H2,1H3,(H,15,16)(H,17,18). The third kappa shape index (κ3) is 2.92. The van der Waals surface area contributed by atoms with E-state index in [1.807, 2.05) is 24.5 Å². The molecule has 1 aromatic carbocycles. The Balaban J connectivity index is 2.11. The highest BCUT2D eigenvalue weighted by atomic mass is 32.2. The van der Waals surface area contributed by atoms with Gasteiger partial charge in [0.25, 0.3) is 5.91 Å². The molecular weight excluding hydrogens is 262 g/mol. The maximum absolute atomic E-state index is 12.1. The lowest BCUT2D eigenvalue weighted by Gasteiger charge is -2.38. The third-order valence-electron chi connectivity index (χ3n) is 3.47. The van der Waals surface area contributed by atoms with Crippen molar-refractivity contribution in [2.45, 2.75) is 30.6 Å². The summed E-state index contributed by atoms with van der Waals surface area (Å²) in [5.74, 6) is -0.400. The zero-order chi connectivity index (χ0) is 13.9. The number of carbonyl (C=O) groups is 2. The van der Waals surface area contributed by atoms with E-state index in [-0.39, 0.29) is 5.91 Å². The fourth-order valence-corrected chi connectivity index (χ4v) is 2.69. The first kappa shape index (κ1) is 13.9. The Labute approximate surface area is 116 Å². The predicted molar refractivity (Wildman–Crippen MR) is 75.3 cm³/mol. The molecule has 1 fully saturated rings. The van der Waals surface area contributed by atoms with Gasteiger partial charge in [0, 0.05) is 11.3 Å². The summed E-state index contributed by atoms with van der Waals surface area (Å²) in [6.45, 7) is 0. The molecule has 2 rings (SSSR count). The van der Waals surface area contributed by atoms with Crippen LogP contribution in [0.1, 0.15) is 35.2 Å². The molecule has 0 saturated heterocycles. The molecule has 1 saturated carbocycles. The van der Waals surface area contributed by atoms with E-state index in [2.05, 4.69) is 5.32 Å². The van der Waals surface area contributed by atoms with Crippen LogP contribution in [0.15, 0.2) is 24.3 Å². The summed E-state index contributed by atoms with van der Waals surface area (Å²) in [5.41, 5.74) is 0.546. The molecule has 0 spiro atoms. The normalized spacial score (nSPS) is 16.5. The van der Waals surface area contributed by atoms with Gasteiger partial charge in [0.05, 0.1) is 0 Å². The number of nitrogens with one attached hydrogen (secondary N) is 1. The maximum atomic E-state index is 12.1. The predicted octanol–water partition coefficient (Wildman–Crippen LogP) is 2.29. The Morgan fingerprint density at radius 3 is 2.68 bits per heavy atom. The Kier molecular flexibility index (Phi) is 4.14. The molecule has 1 aliphatic rings. The van der Waals surface area contributed by atoms with Crippen molar-refractivity contribution in [3.8, 4) is 0 Å². The lowest BCUT2D eigenvalue weighted by atomic mass is 9.76. The molecule has 0 heterocycles. The van der Waals surface area contributed by atoms with Crippen LogP contribution in [0, 0.1) is 0 Å². The molecule has 19 heavy (non-hydrogen) atoms. The van der Waals surface area contributed by atoms with Crippen molar-refractivity contribution in [1.82, 2.24) is 5.32 Å². The third-order valence-corrected chi connectivity index (χ3v) is 4.09. The van der Waals surface area contributed by atoms with Crippen LogP contribution in [0.3, 0.4) is 0 Å². The summed E-state index contributed by atoms with van der Waals surface area (Å²) in [4.78, 5) is 23.4. The van der Waals surface area contributed by atoms with Crippen LogP contribution in [-0.2, 0) is 10.5 Å². The molecule has 0 bridgehead atoms. The number of rotatable bonds is 5. The number of carboxylic acid groups (broad SMARTS) is 1. The van der Waals surface area contributed by atoms with E-state index in [4.69, 9.17) is 0 Å². The van der Waals surface area contributed by atoms with Gasteiger partial charge in [-0.05, 0) is 43.2 Å². The Morgan fingerprint density at radius 1 is 1.42 bits per heavy atom. The monoisotopic (exact) mass is 279 g/mol. The van der Waals surface area contributed by atoms with E-state index < -0.39 is 11.5 Å². The van der Waals surface area contributed by atoms with Gasteiger partial charge in [-0.15, -0.1) is 0 Å². The summed E-state index contributed by atoms with van der Waals surface area (Å²) in [7, 11) is 0. The van der Waals surface area contributed by atoms with Gasteiger partial charge in [0.1, 0.15) is 5.54 Å². The second-order valence-corrected chi connectivity index (χ2v) is 5.69. The van der Waals surface area contributed by atoms with Crippen LogP contribution >= 0.6 is 11.8 Å². The summed E-state index contributed by atoms with van der Waals surface area (Å²) in [5, 5.41) is 11.9. The average molecular weight is 279 g/mol. The van der Waals surface area contributed by atoms with Gasteiger partial charge >= 0.3 is 5.97 Å². The highest BCUT2D eigenvalue weighted by Gasteiger charge is 2.45. The molecule has 0 aliphatic heterocycles. The molecule has 102 valence electrons. The van der Waals surface area contributed by atoms with Crippen molar-refractivity contribution in [3.05, 3.63) is 35.4 Å². The van der Waals surface area contributed by atoms with Crippen molar-refractivity contribution in [2.75, 3.05) is 6.26 Å². The topological polar surface area (TPSA) is 66.4 Å². The number of hydrogen-bond donors (Lipinski definition) is 2. The minimum absolute atomic E-state index is 0.301. The highest BCUT2D eigenvalue weighted by Crippen LogP contribution is 2.32. The molecule has 1 amide bonds. The number of carboxylic acids is 1. The Hall–Kier alpha value is -1.49. The smallest absolute Gasteiger partial charge is 0.329 e. The van der Waals surface area contributed by atoms with Gasteiger partial charge in [0.15, 0.2) is 0 Å². The zero-order valence-corrected chi connectivity index (χ0v) is 11.6. The number of aliphatic carboxylic acids is 1. The van der Waals surface area contributed by atoms with Crippen molar-refractivity contribution in [1.29, 1.82) is 0 Å². The van der Waals surface area contributed by atoms with E-state index >= 15 is 0 Å². The summed E-state index contributed by atoms with van der Waals surface area (Å²) >= 11 is 1.68. The largest absolute Gasteiger partial charge is 0.480 e. The van der Waals surface area contributed by atoms with Gasteiger partial charge in [-0.25, -0.2) is 4.79 Å². The number of amides is 1. The van der Waals surface area contributed by atoms with E-state index in [9.17, 15) is 14.7 Å². The van der Waals surface area contributed by atoms with E-state index in [1.54, 1.807) is 17.8 Å². The molecular formula is C14H17NO3S. The molecule has 2 N–H and O–H groups in total. The van der Waals surface area contributed by atoms with Crippen LogP contribution in [-0.4, -0.2) is 28.8 Å². The first-order valence-electron chi connectivity index (χ1n) is 6.21. The molecule has 4 nitrogen and oxygen atoms in total. The van der Waals surface area contributed by atoms with Crippen LogP contribution in [0.2, 0.25) is 0 Å². The van der Waals surface area contributed by atoms with Crippen LogP contribution < -0.4 is 5.32 Å². The van der Waals surface area contributed by atoms with Crippen LogP contribution in [0.4, 0.5) is 0 Å². The van der Waals surface area contributed by atoms with Gasteiger partial charge < -0.3 is 10.4 Å². The first-order valence-corrected chi connectivity index (χ1v) is 7.60. The van der Waals surface area contributed by atoms with Gasteiger partial charge in [-0.3, -0.25) is 4.79 Å².